The average Bonchev–Trinajstić information content (AvgIpc) is 2.61. The third kappa shape index (κ3) is 8.23. The Morgan fingerprint density at radius 1 is 1.20 bits per heavy atom. The Morgan fingerprint density at radius 3 is 2.10 bits per heavy atom. The molecule has 0 aliphatic carbocycles. The van der Waals surface area contributed by atoms with Crippen LogP contribution in [-0.2, 0) is 32.9 Å². The van der Waals surface area contributed by atoms with Crippen LogP contribution in [0.1, 0.15) is 31.9 Å². The van der Waals surface area contributed by atoms with Crippen LogP contribution >= 0.6 is 0 Å². The molecule has 1 aliphatic heterocycles. The Balaban J connectivity index is 0. The van der Waals surface area contributed by atoms with Crippen molar-refractivity contribution in [2.75, 3.05) is 20.1 Å². The van der Waals surface area contributed by atoms with Crippen LogP contribution in [0.25, 0.3) is 0 Å². The molecule has 2 unspecified atom stereocenters. The molecule has 1 saturated heterocycles. The Kier molecular flexibility index (Phi) is 14.6. The third-order valence-corrected chi connectivity index (χ3v) is 4.82. The number of carbonyl (C=O) groups excluding carboxylic acids is 2. The van der Waals surface area contributed by atoms with Gasteiger partial charge in [0.25, 0.3) is 0 Å². The molecule has 0 spiro atoms. The van der Waals surface area contributed by atoms with Crippen molar-refractivity contribution < 1.29 is 73.9 Å². The van der Waals surface area contributed by atoms with Gasteiger partial charge < -0.3 is 33.5 Å². The van der Waals surface area contributed by atoms with Gasteiger partial charge in [0.1, 0.15) is 6.10 Å². The van der Waals surface area contributed by atoms with E-state index in [4.69, 9.17) is 14.6 Å². The summed E-state index contributed by atoms with van der Waals surface area (Å²) in [6.45, 7) is 14.8. The molecule has 7 nitrogen and oxygen atoms in total. The molecule has 1 radical (unpaired) electrons. The second kappa shape index (κ2) is 14.1. The quantitative estimate of drug-likeness (QED) is 0.485. The van der Waals surface area contributed by atoms with E-state index in [9.17, 15) is 9.59 Å². The van der Waals surface area contributed by atoms with E-state index < -0.39 is 23.6 Å². The third-order valence-electron chi connectivity index (χ3n) is 4.82. The summed E-state index contributed by atoms with van der Waals surface area (Å²) in [4.78, 5) is 36.8. The normalized spacial score (nSPS) is 19.1. The first-order valence-electron chi connectivity index (χ1n) is 8.95. The predicted molar refractivity (Wildman–Crippen MR) is 106 cm³/mol. The van der Waals surface area contributed by atoms with E-state index in [1.807, 2.05) is 44.2 Å². The Labute approximate surface area is 215 Å². The fourth-order valence-electron chi connectivity index (χ4n) is 3.38. The number of amides is 2. The van der Waals surface area contributed by atoms with Crippen LogP contribution in [-0.4, -0.2) is 59.1 Å². The number of carboxylic acid groups (broad SMARTS) is 1. The van der Waals surface area contributed by atoms with Gasteiger partial charge in [0.15, 0.2) is 5.97 Å². The maximum atomic E-state index is 12.4. The van der Waals surface area contributed by atoms with Crippen molar-refractivity contribution in [3.05, 3.63) is 56.7 Å². The summed E-state index contributed by atoms with van der Waals surface area (Å²) in [6.07, 6.45) is -0.766. The predicted octanol–water partition coefficient (Wildman–Crippen LogP) is 2.99. The summed E-state index contributed by atoms with van der Waals surface area (Å²) in [6, 6.07) is 9.68. The number of aliphatic carboxylic acids is 1. The summed E-state index contributed by atoms with van der Waals surface area (Å²) < 4.78 is 5.57. The molecular weight excluding hydrogens is 649 g/mol. The topological polar surface area (TPSA) is 87.1 Å². The summed E-state index contributed by atoms with van der Waals surface area (Å²) in [5.74, 6) is -1.18. The van der Waals surface area contributed by atoms with Gasteiger partial charge in [0.05, 0.1) is 12.5 Å². The van der Waals surface area contributed by atoms with Gasteiger partial charge >= 0.3 is 37.2 Å². The van der Waals surface area contributed by atoms with Crippen molar-refractivity contribution in [3.63, 3.8) is 0 Å². The minimum absolute atomic E-state index is 0. The molecule has 1 fully saturated rings. The molecule has 163 valence electrons. The van der Waals surface area contributed by atoms with Crippen LogP contribution in [0, 0.1) is 57.3 Å². The fourth-order valence-corrected chi connectivity index (χ4v) is 3.38. The van der Waals surface area contributed by atoms with Gasteiger partial charge in [-0.3, -0.25) is 16.5 Å². The van der Waals surface area contributed by atoms with Crippen molar-refractivity contribution in [2.45, 2.75) is 32.4 Å². The molecule has 1 aliphatic rings. The molecule has 2 atom stereocenters. The number of carbonyl (C=O) groups is 3. The number of ether oxygens (including phenoxy) is 1. The van der Waals surface area contributed by atoms with Gasteiger partial charge in [-0.15, -0.1) is 13.1 Å². The number of cyclic esters (lactones) is 1. The van der Waals surface area contributed by atoms with Crippen molar-refractivity contribution in [1.29, 1.82) is 0 Å². The van der Waals surface area contributed by atoms with E-state index in [-0.39, 0.29) is 68.0 Å². The second-order valence-electron chi connectivity index (χ2n) is 7.10. The molecule has 1 N–H and O–H groups in total. The van der Waals surface area contributed by atoms with Gasteiger partial charge in [-0.1, -0.05) is 44.2 Å². The van der Waals surface area contributed by atoms with E-state index in [1.165, 1.54) is 0 Å². The second-order valence-corrected chi connectivity index (χ2v) is 7.10. The molecule has 30 heavy (non-hydrogen) atoms. The van der Waals surface area contributed by atoms with E-state index in [0.29, 0.717) is 13.1 Å². The maximum absolute atomic E-state index is 12.4. The van der Waals surface area contributed by atoms with Crippen molar-refractivity contribution >= 4 is 18.0 Å². The summed E-state index contributed by atoms with van der Waals surface area (Å²) >= 11 is 0. The Hall–Kier alpha value is -1.06. The molecule has 2 rings (SSSR count). The number of nitrogens with zero attached hydrogens (tertiary/aromatic N) is 2. The SMILES string of the molecule is [CH2-]C(=O)O.[CH2-]CN(C[CH2-])C(=O)CC1OC(=O)N(C)C(c2ccccc2)C1(C)C.[U+2].[V]. The summed E-state index contributed by atoms with van der Waals surface area (Å²) in [5, 5.41) is 7.31. The Morgan fingerprint density at radius 2 is 1.67 bits per heavy atom. The van der Waals surface area contributed by atoms with Crippen LogP contribution in [0.15, 0.2) is 30.3 Å². The largest absolute Gasteiger partial charge is 2.00 e. The molecule has 1 heterocycles. The minimum atomic E-state index is -1.08. The fraction of sp³-hybridized carbons (Fsp3) is 0.429. The van der Waals surface area contributed by atoms with Crippen molar-refractivity contribution in [1.82, 2.24) is 9.80 Å². The zero-order chi connectivity index (χ0) is 21.5. The maximum Gasteiger partial charge on any atom is 2.00 e. The summed E-state index contributed by atoms with van der Waals surface area (Å²) in [7, 11) is 1.73. The van der Waals surface area contributed by atoms with Crippen molar-refractivity contribution in [3.8, 4) is 0 Å². The average molecular weight is 678 g/mol. The Bertz CT molecular complexity index is 679. The summed E-state index contributed by atoms with van der Waals surface area (Å²) in [5.41, 5.74) is 0.610. The molecule has 9 heteroatoms. The van der Waals surface area contributed by atoms with Crippen LogP contribution < -0.4 is 0 Å². The van der Waals surface area contributed by atoms with E-state index in [1.54, 1.807) is 16.8 Å². The zero-order valence-corrected chi connectivity index (χ0v) is 23.3. The molecule has 1 aromatic rings. The van der Waals surface area contributed by atoms with Gasteiger partial charge in [0.2, 0.25) is 5.91 Å². The van der Waals surface area contributed by atoms with Gasteiger partial charge in [-0.25, -0.2) is 4.79 Å². The van der Waals surface area contributed by atoms with Crippen molar-refractivity contribution in [2.24, 2.45) is 5.41 Å². The van der Waals surface area contributed by atoms with Crippen LogP contribution in [0.4, 0.5) is 4.79 Å². The number of benzene rings is 1. The van der Waals surface area contributed by atoms with E-state index in [0.717, 1.165) is 5.56 Å². The molecule has 2 amide bonds. The molecule has 1 aromatic carbocycles. The molecule has 0 bridgehead atoms. The van der Waals surface area contributed by atoms with Crippen LogP contribution in [0.3, 0.4) is 0 Å². The number of hydrogen-bond acceptors (Lipinski definition) is 4. The van der Waals surface area contributed by atoms with Gasteiger partial charge in [0, 0.05) is 31.0 Å². The first kappa shape index (κ1) is 31.1. The van der Waals surface area contributed by atoms with Crippen LogP contribution in [0.2, 0.25) is 0 Å². The monoisotopic (exact) mass is 678 g/mol. The van der Waals surface area contributed by atoms with E-state index >= 15 is 0 Å². The molecule has 0 aromatic heterocycles. The van der Waals surface area contributed by atoms with Gasteiger partial charge in [-0.05, 0) is 5.56 Å². The smallest absolute Gasteiger partial charge is 0.503 e. The van der Waals surface area contributed by atoms with Gasteiger partial charge in [-0.2, -0.15) is 0 Å². The molecular formula is C21H29N2O5UV-. The number of carboxylic acids is 1. The zero-order valence-electron chi connectivity index (χ0n) is 17.7. The first-order valence-corrected chi connectivity index (χ1v) is 8.95. The van der Waals surface area contributed by atoms with E-state index in [2.05, 4.69) is 20.8 Å². The number of hydrogen-bond donors (Lipinski definition) is 1. The van der Waals surface area contributed by atoms with Crippen LogP contribution in [0.5, 0.6) is 0 Å². The minimum Gasteiger partial charge on any atom is -0.503 e. The standard InChI is InChI=1S/C19H26N2O3.C2H3O2.U.V/c1-6-21(7-2)16(22)13-15-19(3,4)17(20(5)18(23)24-15)14-11-9-8-10-12-14;1-2(3)4;;/h8-12,15,17H,1-2,6-7,13H2,3-5H3;1H2,(H,3,4);;/q-2;-1;+2;. The molecule has 0 saturated carbocycles. The number of rotatable bonds is 5. The first-order chi connectivity index (χ1) is 13.1.